The van der Waals surface area contributed by atoms with E-state index in [0.29, 0.717) is 24.4 Å². The first kappa shape index (κ1) is 12.7. The monoisotopic (exact) mass is 264 g/mol. The largest absolute Gasteiger partial charge is 0.481 e. The Bertz CT molecular complexity index is 457. The van der Waals surface area contributed by atoms with Gasteiger partial charge in [-0.2, -0.15) is 0 Å². The Morgan fingerprint density at radius 1 is 1.47 bits per heavy atom. The molecular formula is C14H20N2O3. The molecule has 5 heteroatoms. The van der Waals surface area contributed by atoms with Gasteiger partial charge in [0.05, 0.1) is 5.69 Å². The standard InChI is InChI=1S/C14H20N2O3/c1-9-13(15-8-19-9)7-16-11-2-3-12(16)5-10(4-11)6-14(17)18/h8,10-12H,2-7H2,1H3,(H,17,18). The molecule has 1 N–H and O–H groups in total. The summed E-state index contributed by atoms with van der Waals surface area (Å²) in [6, 6.07) is 1.05. The van der Waals surface area contributed by atoms with Gasteiger partial charge >= 0.3 is 5.97 Å². The van der Waals surface area contributed by atoms with E-state index >= 15 is 0 Å². The lowest BCUT2D eigenvalue weighted by Crippen LogP contribution is -2.42. The molecule has 1 aromatic rings. The fourth-order valence-corrected chi connectivity index (χ4v) is 3.71. The number of carboxylic acid groups (broad SMARTS) is 1. The Labute approximate surface area is 112 Å². The molecule has 3 rings (SSSR count). The Kier molecular flexibility index (Phi) is 3.31. The maximum atomic E-state index is 10.8. The highest BCUT2D eigenvalue weighted by Crippen LogP contribution is 2.40. The topological polar surface area (TPSA) is 66.6 Å². The zero-order valence-corrected chi connectivity index (χ0v) is 11.2. The first-order valence-corrected chi connectivity index (χ1v) is 7.00. The zero-order chi connectivity index (χ0) is 13.4. The quantitative estimate of drug-likeness (QED) is 0.903. The van der Waals surface area contributed by atoms with Crippen molar-refractivity contribution in [2.45, 2.75) is 57.7 Å². The maximum absolute atomic E-state index is 10.8. The molecule has 2 fully saturated rings. The summed E-state index contributed by atoms with van der Waals surface area (Å²) in [5.41, 5.74) is 1.02. The van der Waals surface area contributed by atoms with Gasteiger partial charge in [-0.25, -0.2) is 4.98 Å². The van der Waals surface area contributed by atoms with Crippen LogP contribution in [0.5, 0.6) is 0 Å². The van der Waals surface area contributed by atoms with Crippen LogP contribution in [0.25, 0.3) is 0 Å². The molecule has 1 aromatic heterocycles. The molecule has 0 spiro atoms. The van der Waals surface area contributed by atoms with E-state index in [9.17, 15) is 4.79 Å². The van der Waals surface area contributed by atoms with Gasteiger partial charge in [-0.3, -0.25) is 9.69 Å². The SMILES string of the molecule is Cc1ocnc1CN1C2CCC1CC(CC(=O)O)C2. The van der Waals surface area contributed by atoms with Crippen molar-refractivity contribution in [2.75, 3.05) is 0 Å². The van der Waals surface area contributed by atoms with E-state index in [-0.39, 0.29) is 0 Å². The van der Waals surface area contributed by atoms with E-state index in [1.54, 1.807) is 0 Å². The van der Waals surface area contributed by atoms with E-state index < -0.39 is 5.97 Å². The van der Waals surface area contributed by atoms with Crippen LogP contribution < -0.4 is 0 Å². The van der Waals surface area contributed by atoms with Crippen molar-refractivity contribution in [3.8, 4) is 0 Å². The van der Waals surface area contributed by atoms with Gasteiger partial charge in [-0.15, -0.1) is 0 Å². The van der Waals surface area contributed by atoms with Crippen molar-refractivity contribution in [3.63, 3.8) is 0 Å². The normalized spacial score (nSPS) is 30.7. The Morgan fingerprint density at radius 3 is 2.68 bits per heavy atom. The van der Waals surface area contributed by atoms with Crippen LogP contribution >= 0.6 is 0 Å². The summed E-state index contributed by atoms with van der Waals surface area (Å²) >= 11 is 0. The number of fused-ring (bicyclic) bond motifs is 2. The molecule has 2 saturated heterocycles. The van der Waals surface area contributed by atoms with E-state index in [2.05, 4.69) is 9.88 Å². The molecule has 0 saturated carbocycles. The minimum atomic E-state index is -0.662. The van der Waals surface area contributed by atoms with Crippen LogP contribution in [0.2, 0.25) is 0 Å². The third-order valence-electron chi connectivity index (χ3n) is 4.62. The van der Waals surface area contributed by atoms with Crippen molar-refractivity contribution >= 4 is 5.97 Å². The Balaban J connectivity index is 1.66. The van der Waals surface area contributed by atoms with Gasteiger partial charge in [0.2, 0.25) is 0 Å². The van der Waals surface area contributed by atoms with Crippen LogP contribution in [0.1, 0.15) is 43.6 Å². The van der Waals surface area contributed by atoms with Crippen LogP contribution in [0, 0.1) is 12.8 Å². The third kappa shape index (κ3) is 2.52. The summed E-state index contributed by atoms with van der Waals surface area (Å²) in [6.07, 6.45) is 6.24. The van der Waals surface area contributed by atoms with Crippen LogP contribution in [-0.2, 0) is 11.3 Å². The average molecular weight is 264 g/mol. The van der Waals surface area contributed by atoms with Crippen molar-refractivity contribution in [1.29, 1.82) is 0 Å². The number of oxazole rings is 1. The summed E-state index contributed by atoms with van der Waals surface area (Å²) < 4.78 is 5.26. The molecule has 0 aliphatic carbocycles. The zero-order valence-electron chi connectivity index (χ0n) is 11.2. The van der Waals surface area contributed by atoms with Crippen LogP contribution in [0.4, 0.5) is 0 Å². The number of aryl methyl sites for hydroxylation is 1. The predicted molar refractivity (Wildman–Crippen MR) is 68.6 cm³/mol. The van der Waals surface area contributed by atoms with Gasteiger partial charge in [-0.1, -0.05) is 0 Å². The highest BCUT2D eigenvalue weighted by atomic mass is 16.4. The number of piperidine rings is 1. The fraction of sp³-hybridized carbons (Fsp3) is 0.714. The van der Waals surface area contributed by atoms with Crippen molar-refractivity contribution in [2.24, 2.45) is 5.92 Å². The number of rotatable bonds is 4. The number of aromatic nitrogens is 1. The van der Waals surface area contributed by atoms with Crippen molar-refractivity contribution in [1.82, 2.24) is 9.88 Å². The molecule has 2 aliphatic rings. The highest BCUT2D eigenvalue weighted by Gasteiger charge is 2.41. The van der Waals surface area contributed by atoms with E-state index in [0.717, 1.165) is 30.8 Å². The molecule has 5 nitrogen and oxygen atoms in total. The second-order valence-corrected chi connectivity index (χ2v) is 5.85. The summed E-state index contributed by atoms with van der Waals surface area (Å²) in [5, 5.41) is 8.93. The molecule has 2 bridgehead atoms. The van der Waals surface area contributed by atoms with E-state index in [1.165, 1.54) is 19.2 Å². The van der Waals surface area contributed by atoms with Crippen molar-refractivity contribution < 1.29 is 14.3 Å². The predicted octanol–water partition coefficient (Wildman–Crippen LogP) is 2.20. The second kappa shape index (κ2) is 4.96. The van der Waals surface area contributed by atoms with E-state index in [1.807, 2.05) is 6.92 Å². The summed E-state index contributed by atoms with van der Waals surface area (Å²) in [4.78, 5) is 17.6. The van der Waals surface area contributed by atoms with Crippen LogP contribution in [-0.4, -0.2) is 33.0 Å². The van der Waals surface area contributed by atoms with E-state index in [4.69, 9.17) is 9.52 Å². The number of carbonyl (C=O) groups is 1. The molecule has 0 radical (unpaired) electrons. The molecule has 104 valence electrons. The molecule has 2 aliphatic heterocycles. The van der Waals surface area contributed by atoms with Gasteiger partial charge in [-0.05, 0) is 38.5 Å². The minimum Gasteiger partial charge on any atom is -0.481 e. The minimum absolute atomic E-state index is 0.323. The van der Waals surface area contributed by atoms with Gasteiger partial charge in [0.1, 0.15) is 5.76 Å². The first-order chi connectivity index (χ1) is 9.13. The molecule has 2 atom stereocenters. The lowest BCUT2D eigenvalue weighted by Gasteiger charge is -2.38. The summed E-state index contributed by atoms with van der Waals surface area (Å²) in [5.74, 6) is 0.585. The number of hydrogen-bond donors (Lipinski definition) is 1. The molecular weight excluding hydrogens is 244 g/mol. The number of carboxylic acids is 1. The molecule has 2 unspecified atom stereocenters. The average Bonchev–Trinajstić information content (AvgIpc) is 2.83. The summed E-state index contributed by atoms with van der Waals surface area (Å²) in [6.45, 7) is 2.79. The molecule has 0 amide bonds. The van der Waals surface area contributed by atoms with Crippen LogP contribution in [0.3, 0.4) is 0 Å². The van der Waals surface area contributed by atoms with Gasteiger partial charge in [0.25, 0.3) is 0 Å². The molecule has 0 aromatic carbocycles. The maximum Gasteiger partial charge on any atom is 0.303 e. The fourth-order valence-electron chi connectivity index (χ4n) is 3.71. The lowest BCUT2D eigenvalue weighted by atomic mass is 9.88. The highest BCUT2D eigenvalue weighted by molar-refractivity contribution is 5.67. The molecule has 3 heterocycles. The summed E-state index contributed by atoms with van der Waals surface area (Å²) in [7, 11) is 0. The van der Waals surface area contributed by atoms with Crippen molar-refractivity contribution in [3.05, 3.63) is 17.8 Å². The van der Waals surface area contributed by atoms with Gasteiger partial charge in [0.15, 0.2) is 6.39 Å². The van der Waals surface area contributed by atoms with Gasteiger partial charge < -0.3 is 9.52 Å². The Hall–Kier alpha value is -1.36. The van der Waals surface area contributed by atoms with Gasteiger partial charge in [0, 0.05) is 25.0 Å². The number of nitrogens with zero attached hydrogens (tertiary/aromatic N) is 2. The van der Waals surface area contributed by atoms with Crippen LogP contribution in [0.15, 0.2) is 10.8 Å². The number of aliphatic carboxylic acids is 1. The second-order valence-electron chi connectivity index (χ2n) is 5.85. The smallest absolute Gasteiger partial charge is 0.303 e. The number of hydrogen-bond acceptors (Lipinski definition) is 4. The Morgan fingerprint density at radius 2 is 2.16 bits per heavy atom. The molecule has 19 heavy (non-hydrogen) atoms. The third-order valence-corrected chi connectivity index (χ3v) is 4.62. The first-order valence-electron chi connectivity index (χ1n) is 7.00. The lowest BCUT2D eigenvalue weighted by molar-refractivity contribution is -0.138.